The van der Waals surface area contributed by atoms with E-state index in [0.717, 1.165) is 16.9 Å². The van der Waals surface area contributed by atoms with E-state index < -0.39 is 12.0 Å². The molecule has 1 aromatic heterocycles. The number of para-hydroxylation sites is 1. The zero-order valence-corrected chi connectivity index (χ0v) is 15.8. The molecule has 3 aromatic rings. The largest absolute Gasteiger partial charge is 0.497 e. The molecule has 0 bridgehead atoms. The number of hydrogen-bond acceptors (Lipinski definition) is 6. The second kappa shape index (κ2) is 8.09. The number of benzene rings is 2. The number of carbonyl (C=O) groups is 1. The van der Waals surface area contributed by atoms with Crippen molar-refractivity contribution in [3.8, 4) is 22.8 Å². The normalized spacial score (nSPS) is 11.7. The lowest BCUT2D eigenvalue weighted by atomic mass is 10.1. The lowest BCUT2D eigenvalue weighted by Crippen LogP contribution is -2.30. The first kappa shape index (κ1) is 18.7. The molecule has 140 valence electrons. The van der Waals surface area contributed by atoms with Gasteiger partial charge in [0.1, 0.15) is 11.5 Å². The number of hydrogen-bond donors (Lipinski definition) is 1. The Morgan fingerprint density at radius 3 is 2.70 bits per heavy atom. The van der Waals surface area contributed by atoms with Crippen molar-refractivity contribution in [2.75, 3.05) is 12.4 Å². The summed E-state index contributed by atoms with van der Waals surface area (Å²) < 4.78 is 15.6. The summed E-state index contributed by atoms with van der Waals surface area (Å²) in [5.41, 5.74) is 2.10. The fourth-order valence-electron chi connectivity index (χ4n) is 2.48. The van der Waals surface area contributed by atoms with Crippen molar-refractivity contribution in [2.24, 2.45) is 0 Å². The van der Waals surface area contributed by atoms with Crippen molar-refractivity contribution in [1.29, 1.82) is 0 Å². The number of nitrogens with one attached hydrogen (secondary N) is 1. The van der Waals surface area contributed by atoms with Crippen molar-refractivity contribution in [3.63, 3.8) is 0 Å². The Morgan fingerprint density at radius 2 is 2.00 bits per heavy atom. The van der Waals surface area contributed by atoms with Gasteiger partial charge < -0.3 is 14.8 Å². The maximum absolute atomic E-state index is 12.5. The van der Waals surface area contributed by atoms with Crippen molar-refractivity contribution in [3.05, 3.63) is 53.1 Å². The molecular formula is C19H18ClN3O4. The van der Waals surface area contributed by atoms with Gasteiger partial charge in [-0.2, -0.15) is 0 Å². The summed E-state index contributed by atoms with van der Waals surface area (Å²) in [4.78, 5) is 12.5. The first-order valence-electron chi connectivity index (χ1n) is 8.19. The van der Waals surface area contributed by atoms with Gasteiger partial charge in [0, 0.05) is 5.56 Å². The molecule has 1 amide bonds. The first-order valence-corrected chi connectivity index (χ1v) is 8.57. The SMILES string of the molecule is COc1ccc(-c2nonc2NC(=O)C(C)Oc2ccccc2Cl)c(C)c1. The van der Waals surface area contributed by atoms with Crippen LogP contribution in [0.15, 0.2) is 47.1 Å². The van der Waals surface area contributed by atoms with Crippen LogP contribution in [-0.4, -0.2) is 29.4 Å². The third kappa shape index (κ3) is 4.20. The Kier molecular flexibility index (Phi) is 5.61. The molecule has 1 N–H and O–H groups in total. The van der Waals surface area contributed by atoms with Crippen molar-refractivity contribution >= 4 is 23.3 Å². The van der Waals surface area contributed by atoms with E-state index in [4.69, 9.17) is 25.7 Å². The lowest BCUT2D eigenvalue weighted by molar-refractivity contribution is -0.122. The van der Waals surface area contributed by atoms with E-state index in [1.165, 1.54) is 0 Å². The third-order valence-electron chi connectivity index (χ3n) is 3.93. The minimum Gasteiger partial charge on any atom is -0.497 e. The van der Waals surface area contributed by atoms with Crippen LogP contribution in [0.4, 0.5) is 5.82 Å². The summed E-state index contributed by atoms with van der Waals surface area (Å²) in [6.07, 6.45) is -0.800. The summed E-state index contributed by atoms with van der Waals surface area (Å²) in [7, 11) is 1.60. The van der Waals surface area contributed by atoms with Gasteiger partial charge >= 0.3 is 0 Å². The second-order valence-electron chi connectivity index (χ2n) is 5.82. The van der Waals surface area contributed by atoms with Crippen molar-refractivity contribution in [2.45, 2.75) is 20.0 Å². The summed E-state index contributed by atoms with van der Waals surface area (Å²) in [5.74, 6) is 0.951. The minimum atomic E-state index is -0.800. The number of aryl methyl sites for hydroxylation is 1. The number of carbonyl (C=O) groups excluding carboxylic acids is 1. The minimum absolute atomic E-state index is 0.211. The fraction of sp³-hybridized carbons (Fsp3) is 0.211. The topological polar surface area (TPSA) is 86.5 Å². The number of nitrogens with zero attached hydrogens (tertiary/aromatic N) is 2. The highest BCUT2D eigenvalue weighted by molar-refractivity contribution is 6.32. The zero-order valence-electron chi connectivity index (χ0n) is 15.0. The molecule has 0 aliphatic rings. The molecule has 0 saturated heterocycles. The van der Waals surface area contributed by atoms with E-state index in [2.05, 4.69) is 15.6 Å². The fourth-order valence-corrected chi connectivity index (χ4v) is 2.66. The molecule has 0 radical (unpaired) electrons. The van der Waals surface area contributed by atoms with E-state index in [1.807, 2.05) is 19.1 Å². The molecule has 27 heavy (non-hydrogen) atoms. The molecule has 2 aromatic carbocycles. The highest BCUT2D eigenvalue weighted by Crippen LogP contribution is 2.30. The molecule has 8 heteroatoms. The van der Waals surface area contributed by atoms with Crippen LogP contribution >= 0.6 is 11.6 Å². The number of aromatic nitrogens is 2. The molecular weight excluding hydrogens is 370 g/mol. The van der Waals surface area contributed by atoms with Crippen LogP contribution in [0.5, 0.6) is 11.5 Å². The Hall–Kier alpha value is -3.06. The summed E-state index contributed by atoms with van der Waals surface area (Å²) in [6, 6.07) is 12.4. The first-order chi connectivity index (χ1) is 13.0. The van der Waals surface area contributed by atoms with E-state index in [-0.39, 0.29) is 5.82 Å². The van der Waals surface area contributed by atoms with Gasteiger partial charge in [0.15, 0.2) is 11.8 Å². The quantitative estimate of drug-likeness (QED) is 0.684. The molecule has 0 spiro atoms. The molecule has 0 aliphatic heterocycles. The number of amides is 1. The van der Waals surface area contributed by atoms with E-state index >= 15 is 0 Å². The predicted octanol–water partition coefficient (Wildman–Crippen LogP) is 4.11. The number of ether oxygens (including phenoxy) is 2. The number of methoxy groups -OCH3 is 1. The van der Waals surface area contributed by atoms with Crippen LogP contribution in [0, 0.1) is 6.92 Å². The second-order valence-corrected chi connectivity index (χ2v) is 6.23. The molecule has 1 heterocycles. The predicted molar refractivity (Wildman–Crippen MR) is 101 cm³/mol. The molecule has 0 fully saturated rings. The van der Waals surface area contributed by atoms with Gasteiger partial charge in [-0.15, -0.1) is 0 Å². The maximum Gasteiger partial charge on any atom is 0.266 e. The van der Waals surface area contributed by atoms with E-state index in [1.54, 1.807) is 44.4 Å². The van der Waals surface area contributed by atoms with Crippen LogP contribution in [0.25, 0.3) is 11.3 Å². The molecule has 1 unspecified atom stereocenters. The van der Waals surface area contributed by atoms with Gasteiger partial charge in [0.05, 0.1) is 12.1 Å². The Balaban J connectivity index is 1.76. The highest BCUT2D eigenvalue weighted by atomic mass is 35.5. The molecule has 0 aliphatic carbocycles. The average Bonchev–Trinajstić information content (AvgIpc) is 3.11. The third-order valence-corrected chi connectivity index (χ3v) is 4.24. The summed E-state index contributed by atoms with van der Waals surface area (Å²) in [6.45, 7) is 3.52. The van der Waals surface area contributed by atoms with Crippen molar-refractivity contribution in [1.82, 2.24) is 10.3 Å². The Morgan fingerprint density at radius 1 is 1.22 bits per heavy atom. The highest BCUT2D eigenvalue weighted by Gasteiger charge is 2.21. The average molecular weight is 388 g/mol. The Labute approximate surface area is 161 Å². The molecule has 1 atom stereocenters. The van der Waals surface area contributed by atoms with Crippen LogP contribution in [0.2, 0.25) is 5.02 Å². The summed E-state index contributed by atoms with van der Waals surface area (Å²) in [5, 5.41) is 10.8. The zero-order chi connectivity index (χ0) is 19.4. The molecule has 7 nitrogen and oxygen atoms in total. The number of halogens is 1. The van der Waals surface area contributed by atoms with E-state index in [9.17, 15) is 4.79 Å². The van der Waals surface area contributed by atoms with Gasteiger partial charge in [-0.25, -0.2) is 4.63 Å². The van der Waals surface area contributed by atoms with Crippen LogP contribution in [-0.2, 0) is 4.79 Å². The Bertz CT molecular complexity index is 958. The summed E-state index contributed by atoms with van der Waals surface area (Å²) >= 11 is 6.06. The van der Waals surface area contributed by atoms with Gasteiger partial charge in [-0.3, -0.25) is 4.79 Å². The monoisotopic (exact) mass is 387 g/mol. The molecule has 3 rings (SSSR count). The standard InChI is InChI=1S/C19H18ClN3O4/c1-11-10-13(25-3)8-9-14(11)17-18(23-27-22-17)21-19(24)12(2)26-16-7-5-4-6-15(16)20/h4-10,12H,1-3H3,(H,21,23,24). The van der Waals surface area contributed by atoms with Gasteiger partial charge in [-0.1, -0.05) is 23.7 Å². The lowest BCUT2D eigenvalue weighted by Gasteiger charge is -2.15. The maximum atomic E-state index is 12.5. The molecule has 0 saturated carbocycles. The van der Waals surface area contributed by atoms with Crippen molar-refractivity contribution < 1.29 is 18.9 Å². The van der Waals surface area contributed by atoms with Gasteiger partial charge in [0.2, 0.25) is 5.82 Å². The smallest absolute Gasteiger partial charge is 0.266 e. The number of rotatable bonds is 6. The van der Waals surface area contributed by atoms with Crippen LogP contribution in [0.3, 0.4) is 0 Å². The van der Waals surface area contributed by atoms with Gasteiger partial charge in [-0.05, 0) is 60.1 Å². The van der Waals surface area contributed by atoms with Gasteiger partial charge in [0.25, 0.3) is 5.91 Å². The number of anilines is 1. The van der Waals surface area contributed by atoms with E-state index in [0.29, 0.717) is 16.5 Å². The van der Waals surface area contributed by atoms with Crippen LogP contribution < -0.4 is 14.8 Å². The van der Waals surface area contributed by atoms with Crippen LogP contribution in [0.1, 0.15) is 12.5 Å².